The number of ether oxygens (including phenoxy) is 3. The molecule has 0 amide bonds. The number of carbonyl (C=O) groups is 3. The third-order valence-electron chi connectivity index (χ3n) is 11.7. The summed E-state index contributed by atoms with van der Waals surface area (Å²) in [5.41, 5.74) is 0. The molecule has 0 N–H and O–H groups in total. The third-order valence-corrected chi connectivity index (χ3v) is 11.7. The summed E-state index contributed by atoms with van der Waals surface area (Å²) in [6, 6.07) is 0. The largest absolute Gasteiger partial charge is 0.462 e. The van der Waals surface area contributed by atoms with E-state index in [4.69, 9.17) is 14.2 Å². The average Bonchev–Trinajstić information content (AvgIpc) is 3.18. The first-order chi connectivity index (χ1) is 26.8. The van der Waals surface area contributed by atoms with Crippen molar-refractivity contribution in [2.45, 2.75) is 272 Å². The van der Waals surface area contributed by atoms with Crippen LogP contribution in [-0.4, -0.2) is 37.2 Å². The minimum absolute atomic E-state index is 0.0662. The smallest absolute Gasteiger partial charge is 0.306 e. The number of hydrogen-bond acceptors (Lipinski definition) is 6. The van der Waals surface area contributed by atoms with Crippen molar-refractivity contribution < 1.29 is 28.6 Å². The van der Waals surface area contributed by atoms with Gasteiger partial charge in [-0.15, -0.1) is 0 Å². The van der Waals surface area contributed by atoms with Gasteiger partial charge in [-0.1, -0.05) is 227 Å². The molecule has 0 aliphatic heterocycles. The van der Waals surface area contributed by atoms with Gasteiger partial charge >= 0.3 is 17.9 Å². The maximum absolute atomic E-state index is 12.6. The van der Waals surface area contributed by atoms with Gasteiger partial charge in [-0.25, -0.2) is 0 Å². The van der Waals surface area contributed by atoms with Crippen molar-refractivity contribution >= 4 is 17.9 Å². The van der Waals surface area contributed by atoms with Crippen molar-refractivity contribution in [3.63, 3.8) is 0 Å². The molecule has 6 heteroatoms. The summed E-state index contributed by atoms with van der Waals surface area (Å²) in [7, 11) is 0. The van der Waals surface area contributed by atoms with Crippen LogP contribution >= 0.6 is 0 Å². The molecule has 3 atom stereocenters. The first-order valence-electron chi connectivity index (χ1n) is 24.3. The van der Waals surface area contributed by atoms with Crippen LogP contribution in [0.25, 0.3) is 0 Å². The molecule has 0 saturated heterocycles. The summed E-state index contributed by atoms with van der Waals surface area (Å²) in [6.45, 7) is 11.3. The topological polar surface area (TPSA) is 78.9 Å². The lowest BCUT2D eigenvalue weighted by Crippen LogP contribution is -2.30. The summed E-state index contributed by atoms with van der Waals surface area (Å²) >= 11 is 0. The molecule has 0 heterocycles. The van der Waals surface area contributed by atoms with E-state index in [1.165, 1.54) is 148 Å². The minimum atomic E-state index is -0.759. The van der Waals surface area contributed by atoms with E-state index < -0.39 is 6.10 Å². The summed E-state index contributed by atoms with van der Waals surface area (Å²) in [5, 5.41) is 0. The molecule has 0 saturated carbocycles. The molecule has 0 aliphatic rings. The van der Waals surface area contributed by atoms with Crippen molar-refractivity contribution in [2.75, 3.05) is 13.2 Å². The van der Waals surface area contributed by atoms with Gasteiger partial charge in [0.25, 0.3) is 0 Å². The Hall–Kier alpha value is -1.59. The second-order valence-corrected chi connectivity index (χ2v) is 17.2. The van der Waals surface area contributed by atoms with Crippen LogP contribution in [0.15, 0.2) is 0 Å². The minimum Gasteiger partial charge on any atom is -0.462 e. The van der Waals surface area contributed by atoms with Crippen molar-refractivity contribution in [1.82, 2.24) is 0 Å². The standard InChI is InChI=1S/C49H94O6/c1-6-9-10-27-34-39-47(50)53-42-46(55-49(52)41-36-31-26-25-29-33-38-45(5)8-3)43-54-48(51)40-35-30-24-22-20-18-16-14-12-11-13-15-17-19-21-23-28-32-37-44(4)7-2/h44-46H,6-43H2,1-5H3/t44?,45?,46-/m1/s1. The Morgan fingerprint density at radius 2 is 0.636 bits per heavy atom. The Bertz CT molecular complexity index is 843. The Balaban J connectivity index is 4.03. The lowest BCUT2D eigenvalue weighted by Gasteiger charge is -2.18. The fraction of sp³-hybridized carbons (Fsp3) is 0.939. The molecule has 6 nitrogen and oxygen atoms in total. The first kappa shape index (κ1) is 53.4. The number of carbonyl (C=O) groups excluding carboxylic acids is 3. The quantitative estimate of drug-likeness (QED) is 0.0348. The predicted octanol–water partition coefficient (Wildman–Crippen LogP) is 15.4. The SMILES string of the molecule is CCCCCCCC(=O)OC[C@H](COC(=O)CCCCCCCCCCCCCCCCCCCCC(C)CC)OC(=O)CCCCCCCCC(C)CC. The molecule has 0 aromatic rings. The molecular formula is C49H94O6. The summed E-state index contributed by atoms with van der Waals surface area (Å²) in [5.74, 6) is 0.848. The van der Waals surface area contributed by atoms with E-state index in [1.54, 1.807) is 0 Å². The van der Waals surface area contributed by atoms with Crippen LogP contribution in [0.5, 0.6) is 0 Å². The zero-order valence-electron chi connectivity index (χ0n) is 37.6. The third kappa shape index (κ3) is 40.4. The van der Waals surface area contributed by atoms with Gasteiger partial charge in [-0.2, -0.15) is 0 Å². The number of hydrogen-bond donors (Lipinski definition) is 0. The Morgan fingerprint density at radius 1 is 0.364 bits per heavy atom. The molecule has 0 radical (unpaired) electrons. The van der Waals surface area contributed by atoms with Crippen molar-refractivity contribution in [3.8, 4) is 0 Å². The molecular weight excluding hydrogens is 685 g/mol. The molecule has 0 aliphatic carbocycles. The monoisotopic (exact) mass is 779 g/mol. The highest BCUT2D eigenvalue weighted by Gasteiger charge is 2.19. The summed E-state index contributed by atoms with van der Waals surface area (Å²) < 4.78 is 16.6. The summed E-state index contributed by atoms with van der Waals surface area (Å²) in [4.78, 5) is 37.5. The second-order valence-electron chi connectivity index (χ2n) is 17.2. The van der Waals surface area contributed by atoms with Crippen LogP contribution in [0.2, 0.25) is 0 Å². The Labute approximate surface area is 342 Å². The fourth-order valence-electron chi connectivity index (χ4n) is 7.22. The van der Waals surface area contributed by atoms with E-state index in [1.807, 2.05) is 0 Å². The number of unbranched alkanes of at least 4 members (excludes halogenated alkanes) is 26. The maximum atomic E-state index is 12.6. The average molecular weight is 779 g/mol. The highest BCUT2D eigenvalue weighted by molar-refractivity contribution is 5.71. The first-order valence-corrected chi connectivity index (χ1v) is 24.3. The van der Waals surface area contributed by atoms with Gasteiger partial charge in [-0.05, 0) is 31.1 Å². The van der Waals surface area contributed by atoms with Gasteiger partial charge in [0.05, 0.1) is 0 Å². The van der Waals surface area contributed by atoms with Crippen LogP contribution < -0.4 is 0 Å². The molecule has 0 rings (SSSR count). The highest BCUT2D eigenvalue weighted by Crippen LogP contribution is 2.18. The summed E-state index contributed by atoms with van der Waals surface area (Å²) in [6.07, 6.45) is 41.3. The molecule has 0 spiro atoms. The lowest BCUT2D eigenvalue weighted by molar-refractivity contribution is -0.167. The number of rotatable bonds is 43. The highest BCUT2D eigenvalue weighted by atomic mass is 16.6. The van der Waals surface area contributed by atoms with Gasteiger partial charge in [0.2, 0.25) is 0 Å². The van der Waals surface area contributed by atoms with Gasteiger partial charge in [0.1, 0.15) is 13.2 Å². The molecule has 0 fully saturated rings. The maximum Gasteiger partial charge on any atom is 0.306 e. The fourth-order valence-corrected chi connectivity index (χ4v) is 7.22. The molecule has 55 heavy (non-hydrogen) atoms. The molecule has 0 aromatic heterocycles. The lowest BCUT2D eigenvalue weighted by atomic mass is 9.99. The van der Waals surface area contributed by atoms with Crippen LogP contribution in [0.1, 0.15) is 266 Å². The molecule has 0 bridgehead atoms. The van der Waals surface area contributed by atoms with Crippen LogP contribution in [-0.2, 0) is 28.6 Å². The van der Waals surface area contributed by atoms with E-state index >= 15 is 0 Å². The molecule has 326 valence electrons. The van der Waals surface area contributed by atoms with E-state index in [2.05, 4.69) is 34.6 Å². The van der Waals surface area contributed by atoms with Crippen LogP contribution in [0.3, 0.4) is 0 Å². The number of esters is 3. The zero-order valence-corrected chi connectivity index (χ0v) is 37.6. The van der Waals surface area contributed by atoms with E-state index in [0.29, 0.717) is 19.3 Å². The Morgan fingerprint density at radius 3 is 0.945 bits per heavy atom. The second kappa shape index (κ2) is 42.0. The van der Waals surface area contributed by atoms with Crippen LogP contribution in [0, 0.1) is 11.8 Å². The zero-order chi connectivity index (χ0) is 40.5. The Kier molecular flexibility index (Phi) is 40.8. The van der Waals surface area contributed by atoms with Gasteiger partial charge in [0, 0.05) is 19.3 Å². The van der Waals surface area contributed by atoms with Crippen molar-refractivity contribution in [3.05, 3.63) is 0 Å². The van der Waals surface area contributed by atoms with Gasteiger partial charge < -0.3 is 14.2 Å². The molecule has 0 aromatic carbocycles. The van der Waals surface area contributed by atoms with Crippen molar-refractivity contribution in [1.29, 1.82) is 0 Å². The van der Waals surface area contributed by atoms with Gasteiger partial charge in [-0.3, -0.25) is 14.4 Å². The normalized spacial score (nSPS) is 13.0. The van der Waals surface area contributed by atoms with E-state index in [-0.39, 0.29) is 31.1 Å². The predicted molar refractivity (Wildman–Crippen MR) is 233 cm³/mol. The van der Waals surface area contributed by atoms with Crippen LogP contribution in [0.4, 0.5) is 0 Å². The van der Waals surface area contributed by atoms with E-state index in [9.17, 15) is 14.4 Å². The van der Waals surface area contributed by atoms with Crippen molar-refractivity contribution in [2.24, 2.45) is 11.8 Å². The van der Waals surface area contributed by atoms with E-state index in [0.717, 1.165) is 76.0 Å². The van der Waals surface area contributed by atoms with Gasteiger partial charge in [0.15, 0.2) is 6.10 Å². The molecule has 2 unspecified atom stereocenters.